The van der Waals surface area contributed by atoms with Gasteiger partial charge in [0.15, 0.2) is 0 Å². The van der Waals surface area contributed by atoms with Gasteiger partial charge in [0, 0.05) is 26.1 Å². The number of piperidine rings is 1. The molecule has 2 aliphatic rings. The standard InChI is InChI=1S/C16H29NO2/c1-3-6-14-16-12(9-5-10-18)7-4-8-13(16)11-15(19)17(14)2/h12-14,16,18H,3-11H2,1-2H3. The van der Waals surface area contributed by atoms with E-state index >= 15 is 0 Å². The molecule has 4 atom stereocenters. The number of aliphatic hydroxyl groups excluding tert-OH is 1. The van der Waals surface area contributed by atoms with Crippen molar-refractivity contribution >= 4 is 5.91 Å². The van der Waals surface area contributed by atoms with E-state index in [1.807, 2.05) is 11.9 Å². The first-order valence-electron chi connectivity index (χ1n) is 8.05. The van der Waals surface area contributed by atoms with Crippen molar-refractivity contribution in [1.82, 2.24) is 4.90 Å². The van der Waals surface area contributed by atoms with Crippen molar-refractivity contribution in [3.8, 4) is 0 Å². The molecule has 1 saturated carbocycles. The number of carbonyl (C=O) groups excluding carboxylic acids is 1. The number of hydrogen-bond donors (Lipinski definition) is 1. The number of rotatable bonds is 5. The van der Waals surface area contributed by atoms with Crippen molar-refractivity contribution in [2.75, 3.05) is 13.7 Å². The molecule has 19 heavy (non-hydrogen) atoms. The number of carbonyl (C=O) groups is 1. The zero-order valence-electron chi connectivity index (χ0n) is 12.5. The van der Waals surface area contributed by atoms with Crippen LogP contribution in [0.4, 0.5) is 0 Å². The molecule has 110 valence electrons. The molecule has 0 bridgehead atoms. The van der Waals surface area contributed by atoms with Gasteiger partial charge in [0.05, 0.1) is 0 Å². The zero-order valence-corrected chi connectivity index (χ0v) is 12.5. The van der Waals surface area contributed by atoms with Gasteiger partial charge in [0.1, 0.15) is 0 Å². The second-order valence-corrected chi connectivity index (χ2v) is 6.46. The molecule has 0 aromatic rings. The quantitative estimate of drug-likeness (QED) is 0.832. The normalized spacial score (nSPS) is 35.3. The Morgan fingerprint density at radius 2 is 2.11 bits per heavy atom. The van der Waals surface area contributed by atoms with Gasteiger partial charge in [-0.05, 0) is 43.4 Å². The van der Waals surface area contributed by atoms with Crippen LogP contribution in [0, 0.1) is 17.8 Å². The molecule has 1 aliphatic heterocycles. The summed E-state index contributed by atoms with van der Waals surface area (Å²) in [5.74, 6) is 2.36. The number of fused-ring (bicyclic) bond motifs is 1. The van der Waals surface area contributed by atoms with E-state index in [1.54, 1.807) is 0 Å². The van der Waals surface area contributed by atoms with Gasteiger partial charge in [-0.1, -0.05) is 26.2 Å². The minimum Gasteiger partial charge on any atom is -0.396 e. The largest absolute Gasteiger partial charge is 0.396 e. The van der Waals surface area contributed by atoms with Crippen molar-refractivity contribution in [1.29, 1.82) is 0 Å². The van der Waals surface area contributed by atoms with Gasteiger partial charge >= 0.3 is 0 Å². The maximum absolute atomic E-state index is 12.1. The van der Waals surface area contributed by atoms with E-state index in [0.29, 0.717) is 30.4 Å². The molecular formula is C16H29NO2. The third kappa shape index (κ3) is 3.13. The van der Waals surface area contributed by atoms with Crippen molar-refractivity contribution in [3.63, 3.8) is 0 Å². The molecule has 1 amide bonds. The average molecular weight is 267 g/mol. The fraction of sp³-hybridized carbons (Fsp3) is 0.938. The first kappa shape index (κ1) is 14.8. The third-order valence-electron chi connectivity index (χ3n) is 5.33. The first-order chi connectivity index (χ1) is 9.19. The predicted octanol–water partition coefficient (Wildman–Crippen LogP) is 2.82. The molecule has 0 spiro atoms. The topological polar surface area (TPSA) is 40.5 Å². The summed E-state index contributed by atoms with van der Waals surface area (Å²) in [4.78, 5) is 14.2. The Morgan fingerprint density at radius 3 is 2.79 bits per heavy atom. The van der Waals surface area contributed by atoms with Crippen LogP contribution in [0.5, 0.6) is 0 Å². The van der Waals surface area contributed by atoms with Crippen LogP contribution >= 0.6 is 0 Å². The summed E-state index contributed by atoms with van der Waals surface area (Å²) in [7, 11) is 2.00. The van der Waals surface area contributed by atoms with E-state index in [9.17, 15) is 4.79 Å². The number of amides is 1. The fourth-order valence-corrected chi connectivity index (χ4v) is 4.46. The predicted molar refractivity (Wildman–Crippen MR) is 76.7 cm³/mol. The average Bonchev–Trinajstić information content (AvgIpc) is 2.41. The van der Waals surface area contributed by atoms with Crippen molar-refractivity contribution < 1.29 is 9.90 Å². The molecule has 1 aliphatic carbocycles. The molecule has 0 radical (unpaired) electrons. The lowest BCUT2D eigenvalue weighted by Gasteiger charge is -2.50. The van der Waals surface area contributed by atoms with Crippen molar-refractivity contribution in [2.45, 2.75) is 64.3 Å². The van der Waals surface area contributed by atoms with Gasteiger partial charge in [-0.15, -0.1) is 0 Å². The lowest BCUT2D eigenvalue weighted by Crippen LogP contribution is -2.53. The Labute approximate surface area is 117 Å². The van der Waals surface area contributed by atoms with Crippen molar-refractivity contribution in [2.24, 2.45) is 17.8 Å². The second kappa shape index (κ2) is 6.74. The fourth-order valence-electron chi connectivity index (χ4n) is 4.46. The van der Waals surface area contributed by atoms with Crippen LogP contribution in [0.15, 0.2) is 0 Å². The summed E-state index contributed by atoms with van der Waals surface area (Å²) in [6.45, 7) is 2.52. The van der Waals surface area contributed by atoms with Crippen LogP contribution in [-0.2, 0) is 4.79 Å². The highest BCUT2D eigenvalue weighted by molar-refractivity contribution is 5.77. The van der Waals surface area contributed by atoms with Gasteiger partial charge in [-0.2, -0.15) is 0 Å². The van der Waals surface area contributed by atoms with Crippen LogP contribution in [0.25, 0.3) is 0 Å². The Balaban J connectivity index is 2.13. The van der Waals surface area contributed by atoms with Gasteiger partial charge < -0.3 is 10.0 Å². The highest BCUT2D eigenvalue weighted by Gasteiger charge is 2.44. The summed E-state index contributed by atoms with van der Waals surface area (Å²) in [6, 6.07) is 0.445. The number of hydrogen-bond acceptors (Lipinski definition) is 2. The maximum atomic E-state index is 12.1. The van der Waals surface area contributed by atoms with E-state index < -0.39 is 0 Å². The van der Waals surface area contributed by atoms with E-state index in [4.69, 9.17) is 5.11 Å². The van der Waals surface area contributed by atoms with Crippen LogP contribution in [0.3, 0.4) is 0 Å². The number of likely N-dealkylation sites (tertiary alicyclic amines) is 1. The molecular weight excluding hydrogens is 238 g/mol. The lowest BCUT2D eigenvalue weighted by atomic mass is 9.63. The third-order valence-corrected chi connectivity index (χ3v) is 5.33. The highest BCUT2D eigenvalue weighted by Crippen LogP contribution is 2.46. The van der Waals surface area contributed by atoms with Gasteiger partial charge in [0.25, 0.3) is 0 Å². The Kier molecular flexibility index (Phi) is 5.26. The van der Waals surface area contributed by atoms with Crippen LogP contribution in [0.1, 0.15) is 58.3 Å². The van der Waals surface area contributed by atoms with Crippen molar-refractivity contribution in [3.05, 3.63) is 0 Å². The summed E-state index contributed by atoms with van der Waals surface area (Å²) in [6.07, 6.45) is 8.91. The Bertz CT molecular complexity index is 305. The van der Waals surface area contributed by atoms with Gasteiger partial charge in [-0.3, -0.25) is 4.79 Å². The Morgan fingerprint density at radius 1 is 1.32 bits per heavy atom. The summed E-state index contributed by atoms with van der Waals surface area (Å²) in [5.41, 5.74) is 0. The monoisotopic (exact) mass is 267 g/mol. The van der Waals surface area contributed by atoms with Crippen LogP contribution in [0.2, 0.25) is 0 Å². The Hall–Kier alpha value is -0.570. The van der Waals surface area contributed by atoms with Crippen LogP contribution < -0.4 is 0 Å². The molecule has 2 rings (SSSR count). The number of aliphatic hydroxyl groups is 1. The summed E-state index contributed by atoms with van der Waals surface area (Å²) < 4.78 is 0. The maximum Gasteiger partial charge on any atom is 0.222 e. The van der Waals surface area contributed by atoms with E-state index in [0.717, 1.165) is 38.0 Å². The van der Waals surface area contributed by atoms with E-state index in [-0.39, 0.29) is 0 Å². The summed E-state index contributed by atoms with van der Waals surface area (Å²) >= 11 is 0. The van der Waals surface area contributed by atoms with Gasteiger partial charge in [0.2, 0.25) is 5.91 Å². The molecule has 1 heterocycles. The van der Waals surface area contributed by atoms with E-state index in [1.165, 1.54) is 19.3 Å². The first-order valence-corrected chi connectivity index (χ1v) is 8.05. The number of nitrogens with zero attached hydrogens (tertiary/aromatic N) is 1. The van der Waals surface area contributed by atoms with Gasteiger partial charge in [-0.25, -0.2) is 0 Å². The minimum atomic E-state index is 0.307. The smallest absolute Gasteiger partial charge is 0.222 e. The molecule has 3 nitrogen and oxygen atoms in total. The second-order valence-electron chi connectivity index (χ2n) is 6.46. The molecule has 2 fully saturated rings. The van der Waals surface area contributed by atoms with E-state index in [2.05, 4.69) is 6.92 Å². The lowest BCUT2D eigenvalue weighted by molar-refractivity contribution is -0.143. The molecule has 3 heteroatoms. The van der Waals surface area contributed by atoms with Crippen LogP contribution in [-0.4, -0.2) is 35.6 Å². The molecule has 1 N–H and O–H groups in total. The molecule has 4 unspecified atom stereocenters. The highest BCUT2D eigenvalue weighted by atomic mass is 16.2. The molecule has 1 saturated heterocycles. The SMILES string of the molecule is CCCC1C2C(CCCO)CCCC2CC(=O)N1C. The summed E-state index contributed by atoms with van der Waals surface area (Å²) in [5, 5.41) is 9.09. The minimum absolute atomic E-state index is 0.307. The zero-order chi connectivity index (χ0) is 13.8. The molecule has 0 aromatic carbocycles. The molecule has 0 aromatic heterocycles.